The fraction of sp³-hybridized carbons (Fsp3) is 0.409. The number of para-hydroxylation sites is 3. The SMILES string of the molecule is CCOc1ccccc1OC1CCN(CCC(=O)Nc2ccccc2Cl)CC1. The lowest BCUT2D eigenvalue weighted by molar-refractivity contribution is -0.116. The number of carbonyl (C=O) groups is 1. The highest BCUT2D eigenvalue weighted by Gasteiger charge is 2.22. The Hall–Kier alpha value is -2.24. The number of piperidine rings is 1. The standard InChI is InChI=1S/C22H27ClN2O3/c1-2-27-20-9-5-6-10-21(20)28-17-11-14-25(15-12-17)16-13-22(26)24-19-8-4-3-7-18(19)23/h3-10,17H,2,11-16H2,1H3,(H,24,26). The number of likely N-dealkylation sites (tertiary alicyclic amines) is 1. The lowest BCUT2D eigenvalue weighted by atomic mass is 10.1. The van der Waals surface area contributed by atoms with Crippen LogP contribution in [0.25, 0.3) is 0 Å². The first-order valence-electron chi connectivity index (χ1n) is 9.81. The Morgan fingerprint density at radius 1 is 1.11 bits per heavy atom. The fourth-order valence-corrected chi connectivity index (χ4v) is 3.47. The van der Waals surface area contributed by atoms with E-state index in [1.54, 1.807) is 6.07 Å². The predicted octanol–water partition coefficient (Wildman–Crippen LogP) is 4.61. The van der Waals surface area contributed by atoms with Crippen LogP contribution in [0, 0.1) is 0 Å². The summed E-state index contributed by atoms with van der Waals surface area (Å²) in [6, 6.07) is 15.1. The van der Waals surface area contributed by atoms with E-state index in [-0.39, 0.29) is 12.0 Å². The third-order valence-corrected chi connectivity index (χ3v) is 5.11. The van der Waals surface area contributed by atoms with Crippen molar-refractivity contribution in [1.29, 1.82) is 0 Å². The van der Waals surface area contributed by atoms with Crippen LogP contribution >= 0.6 is 11.6 Å². The van der Waals surface area contributed by atoms with Gasteiger partial charge in [0, 0.05) is 26.1 Å². The first kappa shape index (κ1) is 20.5. The predicted molar refractivity (Wildman–Crippen MR) is 112 cm³/mol. The van der Waals surface area contributed by atoms with Crippen molar-refractivity contribution in [1.82, 2.24) is 4.90 Å². The van der Waals surface area contributed by atoms with Crippen molar-refractivity contribution < 1.29 is 14.3 Å². The fourth-order valence-electron chi connectivity index (χ4n) is 3.29. The molecule has 0 radical (unpaired) electrons. The van der Waals surface area contributed by atoms with E-state index in [9.17, 15) is 4.79 Å². The molecule has 0 aliphatic carbocycles. The van der Waals surface area contributed by atoms with E-state index in [1.807, 2.05) is 49.4 Å². The first-order valence-corrected chi connectivity index (χ1v) is 10.2. The molecule has 1 N–H and O–H groups in total. The van der Waals surface area contributed by atoms with Gasteiger partial charge in [0.1, 0.15) is 6.10 Å². The molecule has 1 amide bonds. The van der Waals surface area contributed by atoms with Crippen molar-refractivity contribution >= 4 is 23.2 Å². The second-order valence-corrected chi connectivity index (χ2v) is 7.22. The molecular weight excluding hydrogens is 376 g/mol. The summed E-state index contributed by atoms with van der Waals surface area (Å²) in [5.41, 5.74) is 0.661. The summed E-state index contributed by atoms with van der Waals surface area (Å²) in [5, 5.41) is 3.43. The van der Waals surface area contributed by atoms with Crippen molar-refractivity contribution in [2.75, 3.05) is 31.6 Å². The number of amides is 1. The lowest BCUT2D eigenvalue weighted by Gasteiger charge is -2.32. The molecule has 0 aromatic heterocycles. The molecule has 150 valence electrons. The van der Waals surface area contributed by atoms with Crippen LogP contribution in [-0.4, -0.2) is 43.2 Å². The number of anilines is 1. The van der Waals surface area contributed by atoms with Gasteiger partial charge in [-0.3, -0.25) is 4.79 Å². The van der Waals surface area contributed by atoms with E-state index in [4.69, 9.17) is 21.1 Å². The topological polar surface area (TPSA) is 50.8 Å². The van der Waals surface area contributed by atoms with Gasteiger partial charge in [-0.05, 0) is 44.0 Å². The number of ether oxygens (including phenoxy) is 2. The number of carbonyl (C=O) groups excluding carboxylic acids is 1. The number of benzene rings is 2. The van der Waals surface area contributed by atoms with Gasteiger partial charge < -0.3 is 19.7 Å². The van der Waals surface area contributed by atoms with Crippen molar-refractivity contribution in [2.45, 2.75) is 32.3 Å². The van der Waals surface area contributed by atoms with Crippen molar-refractivity contribution in [3.63, 3.8) is 0 Å². The quantitative estimate of drug-likeness (QED) is 0.700. The first-order chi connectivity index (χ1) is 13.7. The third kappa shape index (κ3) is 5.88. The van der Waals surface area contributed by atoms with Gasteiger partial charge in [0.15, 0.2) is 11.5 Å². The second kappa shape index (κ2) is 10.3. The molecule has 0 spiro atoms. The van der Waals surface area contributed by atoms with Crippen LogP contribution in [-0.2, 0) is 4.79 Å². The Morgan fingerprint density at radius 3 is 2.50 bits per heavy atom. The molecule has 1 fully saturated rings. The van der Waals surface area contributed by atoms with Gasteiger partial charge in [-0.15, -0.1) is 0 Å². The summed E-state index contributed by atoms with van der Waals surface area (Å²) >= 11 is 6.08. The van der Waals surface area contributed by atoms with Gasteiger partial charge in [0.25, 0.3) is 0 Å². The summed E-state index contributed by atoms with van der Waals surface area (Å²) in [5.74, 6) is 1.59. The third-order valence-electron chi connectivity index (χ3n) is 4.78. The molecule has 1 aliphatic heterocycles. The number of nitrogens with one attached hydrogen (secondary N) is 1. The Labute approximate surface area is 171 Å². The van der Waals surface area contributed by atoms with Crippen molar-refractivity contribution in [3.05, 3.63) is 53.6 Å². The van der Waals surface area contributed by atoms with E-state index < -0.39 is 0 Å². The second-order valence-electron chi connectivity index (χ2n) is 6.82. The number of hydrogen-bond donors (Lipinski definition) is 1. The molecular formula is C22H27ClN2O3. The highest BCUT2D eigenvalue weighted by Crippen LogP contribution is 2.29. The largest absolute Gasteiger partial charge is 0.490 e. The Bertz CT molecular complexity index is 776. The molecule has 2 aromatic rings. The van der Waals surface area contributed by atoms with Crippen LogP contribution in [0.1, 0.15) is 26.2 Å². The normalized spacial score (nSPS) is 15.2. The zero-order valence-corrected chi connectivity index (χ0v) is 17.0. The zero-order chi connectivity index (χ0) is 19.8. The zero-order valence-electron chi connectivity index (χ0n) is 16.2. The van der Waals surface area contributed by atoms with Crippen molar-refractivity contribution in [3.8, 4) is 11.5 Å². The molecule has 6 heteroatoms. The maximum Gasteiger partial charge on any atom is 0.225 e. The van der Waals surface area contributed by atoms with Gasteiger partial charge >= 0.3 is 0 Å². The number of rotatable bonds is 8. The lowest BCUT2D eigenvalue weighted by Crippen LogP contribution is -2.39. The van der Waals surface area contributed by atoms with E-state index in [0.29, 0.717) is 23.7 Å². The molecule has 3 rings (SSSR count). The van der Waals surface area contributed by atoms with Gasteiger partial charge in [0.05, 0.1) is 17.3 Å². The van der Waals surface area contributed by atoms with Gasteiger partial charge in [-0.2, -0.15) is 0 Å². The average molecular weight is 403 g/mol. The maximum atomic E-state index is 12.2. The molecule has 1 heterocycles. The molecule has 0 bridgehead atoms. The molecule has 28 heavy (non-hydrogen) atoms. The summed E-state index contributed by atoms with van der Waals surface area (Å²) in [4.78, 5) is 14.5. The van der Waals surface area contributed by atoms with Crippen LogP contribution in [0.3, 0.4) is 0 Å². The molecule has 0 saturated carbocycles. The summed E-state index contributed by atoms with van der Waals surface area (Å²) in [7, 11) is 0. The maximum absolute atomic E-state index is 12.2. The van der Waals surface area contributed by atoms with Crippen LogP contribution < -0.4 is 14.8 Å². The van der Waals surface area contributed by atoms with E-state index >= 15 is 0 Å². The van der Waals surface area contributed by atoms with Gasteiger partial charge in [-0.25, -0.2) is 0 Å². The average Bonchev–Trinajstić information content (AvgIpc) is 2.71. The summed E-state index contributed by atoms with van der Waals surface area (Å²) in [6.45, 7) is 5.16. The molecule has 1 aliphatic rings. The molecule has 0 atom stereocenters. The van der Waals surface area contributed by atoms with Gasteiger partial charge in [0.2, 0.25) is 5.91 Å². The molecule has 1 saturated heterocycles. The van der Waals surface area contributed by atoms with E-state index in [0.717, 1.165) is 44.0 Å². The number of halogens is 1. The summed E-state index contributed by atoms with van der Waals surface area (Å²) in [6.07, 6.45) is 2.50. The van der Waals surface area contributed by atoms with Crippen LogP contribution in [0.4, 0.5) is 5.69 Å². The van der Waals surface area contributed by atoms with Crippen LogP contribution in [0.5, 0.6) is 11.5 Å². The minimum absolute atomic E-state index is 0.0166. The van der Waals surface area contributed by atoms with E-state index in [1.165, 1.54) is 0 Å². The Morgan fingerprint density at radius 2 is 1.79 bits per heavy atom. The van der Waals surface area contributed by atoms with Crippen LogP contribution in [0.15, 0.2) is 48.5 Å². The molecule has 0 unspecified atom stereocenters. The number of hydrogen-bond acceptors (Lipinski definition) is 4. The van der Waals surface area contributed by atoms with Crippen molar-refractivity contribution in [2.24, 2.45) is 0 Å². The van der Waals surface area contributed by atoms with E-state index in [2.05, 4.69) is 10.2 Å². The minimum atomic E-state index is -0.0166. The van der Waals surface area contributed by atoms with Gasteiger partial charge in [-0.1, -0.05) is 35.9 Å². The highest BCUT2D eigenvalue weighted by atomic mass is 35.5. The molecule has 2 aromatic carbocycles. The smallest absolute Gasteiger partial charge is 0.225 e. The Kier molecular flexibility index (Phi) is 7.57. The highest BCUT2D eigenvalue weighted by molar-refractivity contribution is 6.33. The Balaban J connectivity index is 1.41. The van der Waals surface area contributed by atoms with Crippen LogP contribution in [0.2, 0.25) is 5.02 Å². The number of nitrogens with zero attached hydrogens (tertiary/aromatic N) is 1. The monoisotopic (exact) mass is 402 g/mol. The molecule has 5 nitrogen and oxygen atoms in total. The minimum Gasteiger partial charge on any atom is -0.490 e. The summed E-state index contributed by atoms with van der Waals surface area (Å²) < 4.78 is 11.8.